The van der Waals surface area contributed by atoms with E-state index in [0.717, 1.165) is 5.56 Å². The van der Waals surface area contributed by atoms with Crippen LogP contribution in [0.2, 0.25) is 0 Å². The van der Waals surface area contributed by atoms with Gasteiger partial charge in [0.15, 0.2) is 4.99 Å². The fourth-order valence-corrected chi connectivity index (χ4v) is 4.98. The van der Waals surface area contributed by atoms with Gasteiger partial charge in [0.2, 0.25) is 12.3 Å². The molecule has 3 rings (SSSR count). The summed E-state index contributed by atoms with van der Waals surface area (Å²) < 4.78 is 4.76. The first-order chi connectivity index (χ1) is 11.3. The number of hydrogen-bond donors (Lipinski definition) is 2. The Morgan fingerprint density at radius 1 is 1.42 bits per heavy atom. The summed E-state index contributed by atoms with van der Waals surface area (Å²) in [5, 5.41) is 2.61. The van der Waals surface area contributed by atoms with Crippen molar-refractivity contribution in [2.24, 2.45) is 5.73 Å². The topological polar surface area (TPSA) is 102 Å². The highest BCUT2D eigenvalue weighted by atomic mass is 32.2. The molecule has 2 amide bonds. The molecule has 2 saturated heterocycles. The number of nitrogens with zero attached hydrogens (tertiary/aromatic N) is 1. The van der Waals surface area contributed by atoms with Crippen molar-refractivity contribution in [1.29, 1.82) is 0 Å². The van der Waals surface area contributed by atoms with E-state index in [4.69, 9.17) is 10.5 Å². The second-order valence-electron chi connectivity index (χ2n) is 6.35. The van der Waals surface area contributed by atoms with Crippen molar-refractivity contribution in [2.75, 3.05) is 0 Å². The van der Waals surface area contributed by atoms with E-state index >= 15 is 0 Å². The van der Waals surface area contributed by atoms with Crippen molar-refractivity contribution >= 4 is 30.0 Å². The lowest BCUT2D eigenvalue weighted by Crippen LogP contribution is -2.81. The quantitative estimate of drug-likeness (QED) is 0.447. The molecule has 2 heterocycles. The second-order valence-corrected chi connectivity index (χ2v) is 8.22. The largest absolute Gasteiger partial charge is 0.459 e. The van der Waals surface area contributed by atoms with Crippen LogP contribution < -0.4 is 11.1 Å². The predicted octanol–water partition coefficient (Wildman–Crippen LogP) is 0.193. The lowest BCUT2D eigenvalue weighted by atomic mass is 9.93. The summed E-state index contributed by atoms with van der Waals surface area (Å²) in [6.07, 6.45) is 0.500. The van der Waals surface area contributed by atoms with Crippen molar-refractivity contribution in [3.05, 3.63) is 35.9 Å². The zero-order valence-corrected chi connectivity index (χ0v) is 14.2. The number of β-lactam (4-membered cyclic amide) rings is 1. The van der Waals surface area contributed by atoms with Crippen LogP contribution in [0, 0.1) is 0 Å². The number of carbonyl (C=O) groups is 3. The Kier molecular flexibility index (Phi) is 4.05. The Balaban J connectivity index is 1.80. The van der Waals surface area contributed by atoms with Gasteiger partial charge in [-0.1, -0.05) is 30.3 Å². The van der Waals surface area contributed by atoms with Gasteiger partial charge in [0.25, 0.3) is 0 Å². The lowest BCUT2D eigenvalue weighted by Gasteiger charge is -2.51. The number of amides is 2. The first-order valence-electron chi connectivity index (χ1n) is 7.54. The summed E-state index contributed by atoms with van der Waals surface area (Å²) >= 11 is 1.30. The van der Waals surface area contributed by atoms with Crippen LogP contribution in [0.3, 0.4) is 0 Å². The molecule has 0 bridgehead atoms. The third kappa shape index (κ3) is 2.37. The van der Waals surface area contributed by atoms with Crippen LogP contribution >= 0.6 is 11.8 Å². The first kappa shape index (κ1) is 16.8. The van der Waals surface area contributed by atoms with Crippen molar-refractivity contribution in [3.8, 4) is 0 Å². The molecule has 1 aromatic carbocycles. The molecular formula is C16H19N3O4S. The molecule has 0 spiro atoms. The number of ether oxygens (including phenoxy) is 1. The van der Waals surface area contributed by atoms with Gasteiger partial charge in [-0.25, -0.2) is 4.79 Å². The molecule has 2 aliphatic rings. The Morgan fingerprint density at radius 2 is 2.08 bits per heavy atom. The SMILES string of the molecule is CC1(C)SC2(NC=O)[C@H](N)C(=O)N2[C@H]1C(=O)OCc1ccccc1. The highest BCUT2D eigenvalue weighted by Crippen LogP contribution is 2.56. The van der Waals surface area contributed by atoms with Crippen LogP contribution in [0.5, 0.6) is 0 Å². The molecule has 1 unspecified atom stereocenters. The average molecular weight is 349 g/mol. The summed E-state index contributed by atoms with van der Waals surface area (Å²) in [7, 11) is 0. The number of esters is 1. The zero-order chi connectivity index (χ0) is 17.5. The van der Waals surface area contributed by atoms with E-state index in [-0.39, 0.29) is 12.5 Å². The molecule has 3 atom stereocenters. The van der Waals surface area contributed by atoms with Gasteiger partial charge in [-0.3, -0.25) is 14.5 Å². The lowest BCUT2D eigenvalue weighted by molar-refractivity contribution is -0.171. The van der Waals surface area contributed by atoms with Crippen LogP contribution in [0.25, 0.3) is 0 Å². The van der Waals surface area contributed by atoms with Gasteiger partial charge in [0.1, 0.15) is 18.7 Å². The van der Waals surface area contributed by atoms with E-state index in [1.54, 1.807) is 0 Å². The first-order valence-corrected chi connectivity index (χ1v) is 8.36. The number of nitrogens with two attached hydrogens (primary N) is 1. The minimum absolute atomic E-state index is 0.124. The number of fused-ring (bicyclic) bond motifs is 1. The maximum Gasteiger partial charge on any atom is 0.330 e. The summed E-state index contributed by atoms with van der Waals surface area (Å²) in [4.78, 5) is 36.1. The number of hydrogen-bond acceptors (Lipinski definition) is 6. The highest BCUT2D eigenvalue weighted by molar-refractivity contribution is 8.02. The Labute approximate surface area is 143 Å². The van der Waals surface area contributed by atoms with Crippen molar-refractivity contribution in [2.45, 2.75) is 42.3 Å². The Hall–Kier alpha value is -2.06. The van der Waals surface area contributed by atoms with Gasteiger partial charge in [-0.15, -0.1) is 11.8 Å². The molecule has 8 heteroatoms. The van der Waals surface area contributed by atoms with E-state index in [0.29, 0.717) is 6.41 Å². The maximum absolute atomic E-state index is 12.6. The molecule has 0 aliphatic carbocycles. The summed E-state index contributed by atoms with van der Waals surface area (Å²) in [6.45, 7) is 3.79. The van der Waals surface area contributed by atoms with Gasteiger partial charge in [0.05, 0.1) is 0 Å². The summed E-state index contributed by atoms with van der Waals surface area (Å²) in [6, 6.07) is 7.60. The minimum atomic E-state index is -1.08. The molecule has 128 valence electrons. The van der Waals surface area contributed by atoms with E-state index in [9.17, 15) is 14.4 Å². The second kappa shape index (κ2) is 5.78. The van der Waals surface area contributed by atoms with Crippen LogP contribution in [0.1, 0.15) is 19.4 Å². The van der Waals surface area contributed by atoms with E-state index in [2.05, 4.69) is 5.32 Å². The number of benzene rings is 1. The van der Waals surface area contributed by atoms with E-state index in [1.807, 2.05) is 44.2 Å². The monoisotopic (exact) mass is 349 g/mol. The predicted molar refractivity (Wildman–Crippen MR) is 88.4 cm³/mol. The van der Waals surface area contributed by atoms with Gasteiger partial charge in [0, 0.05) is 4.75 Å². The van der Waals surface area contributed by atoms with Crippen LogP contribution in [-0.2, 0) is 25.7 Å². The van der Waals surface area contributed by atoms with Gasteiger partial charge in [-0.2, -0.15) is 0 Å². The number of carbonyl (C=O) groups excluding carboxylic acids is 3. The number of rotatable bonds is 5. The normalized spacial score (nSPS) is 30.3. The van der Waals surface area contributed by atoms with Crippen LogP contribution in [-0.4, -0.2) is 45.0 Å². The standard InChI is InChI=1S/C16H19N3O4S/c1-15(2)12(14(22)23-8-10-6-4-3-5-7-10)19-13(21)11(17)16(19,24-15)18-9-20/h3-7,9,11-12H,8,17H2,1-2H3,(H,18,20)/t11-,12+,16?/m1/s1. The maximum atomic E-state index is 12.6. The highest BCUT2D eigenvalue weighted by Gasteiger charge is 2.72. The number of thioether (sulfide) groups is 1. The molecule has 3 N–H and O–H groups in total. The van der Waals surface area contributed by atoms with E-state index < -0.39 is 27.8 Å². The van der Waals surface area contributed by atoms with Crippen molar-refractivity contribution in [3.63, 3.8) is 0 Å². The van der Waals surface area contributed by atoms with Crippen molar-refractivity contribution < 1.29 is 19.1 Å². The Morgan fingerprint density at radius 3 is 2.71 bits per heavy atom. The zero-order valence-electron chi connectivity index (χ0n) is 13.4. The third-order valence-electron chi connectivity index (χ3n) is 4.33. The van der Waals surface area contributed by atoms with Crippen LogP contribution in [0.15, 0.2) is 30.3 Å². The minimum Gasteiger partial charge on any atom is -0.459 e. The average Bonchev–Trinajstić information content (AvgIpc) is 2.78. The molecule has 0 saturated carbocycles. The van der Waals surface area contributed by atoms with Gasteiger partial charge >= 0.3 is 5.97 Å². The molecular weight excluding hydrogens is 330 g/mol. The van der Waals surface area contributed by atoms with Crippen molar-refractivity contribution in [1.82, 2.24) is 10.2 Å². The molecule has 7 nitrogen and oxygen atoms in total. The Bertz CT molecular complexity index is 681. The molecule has 2 aliphatic heterocycles. The van der Waals surface area contributed by atoms with E-state index in [1.165, 1.54) is 16.7 Å². The van der Waals surface area contributed by atoms with Gasteiger partial charge < -0.3 is 15.8 Å². The molecule has 0 radical (unpaired) electrons. The fraction of sp³-hybridized carbons (Fsp3) is 0.438. The summed E-state index contributed by atoms with van der Waals surface area (Å²) in [5.41, 5.74) is 6.75. The summed E-state index contributed by atoms with van der Waals surface area (Å²) in [5.74, 6) is -0.879. The van der Waals surface area contributed by atoms with Gasteiger partial charge in [-0.05, 0) is 19.4 Å². The third-order valence-corrected chi connectivity index (χ3v) is 5.96. The fourth-order valence-electron chi connectivity index (χ4n) is 3.23. The van der Waals surface area contributed by atoms with Crippen LogP contribution in [0.4, 0.5) is 0 Å². The molecule has 24 heavy (non-hydrogen) atoms. The number of nitrogens with one attached hydrogen (secondary N) is 1. The molecule has 1 aromatic rings. The molecule has 2 fully saturated rings. The smallest absolute Gasteiger partial charge is 0.330 e. The molecule has 0 aromatic heterocycles.